The number of rotatable bonds is 1. The van der Waals surface area contributed by atoms with Gasteiger partial charge in [0.15, 0.2) is 0 Å². The fourth-order valence-electron chi connectivity index (χ4n) is 1.36. The summed E-state index contributed by atoms with van der Waals surface area (Å²) in [6.45, 7) is 2.94. The van der Waals surface area contributed by atoms with Crippen molar-refractivity contribution in [3.8, 4) is 0 Å². The first-order valence-corrected chi connectivity index (χ1v) is 4.48. The SMILES string of the molecule is Cc1ccc(C2=CC=NCC2)nc1. The monoisotopic (exact) mass is 172 g/mol. The molecule has 66 valence electrons. The smallest absolute Gasteiger partial charge is 0.0663 e. The van der Waals surface area contributed by atoms with E-state index in [1.54, 1.807) is 0 Å². The Labute approximate surface area is 78.0 Å². The predicted octanol–water partition coefficient (Wildman–Crippen LogP) is 2.25. The molecule has 0 saturated heterocycles. The zero-order valence-electron chi connectivity index (χ0n) is 7.70. The number of hydrogen-bond donors (Lipinski definition) is 0. The summed E-state index contributed by atoms with van der Waals surface area (Å²) in [5.41, 5.74) is 3.57. The number of aromatic nitrogens is 1. The average Bonchev–Trinajstić information content (AvgIpc) is 2.20. The van der Waals surface area contributed by atoms with Crippen LogP contribution in [0.1, 0.15) is 17.7 Å². The molecule has 0 aromatic carbocycles. The molecule has 0 bridgehead atoms. The molecule has 0 spiro atoms. The molecule has 0 amide bonds. The topological polar surface area (TPSA) is 25.2 Å². The summed E-state index contributed by atoms with van der Waals surface area (Å²) >= 11 is 0. The zero-order chi connectivity index (χ0) is 9.10. The Bertz CT molecular complexity index is 347. The molecule has 0 radical (unpaired) electrons. The summed E-state index contributed by atoms with van der Waals surface area (Å²) in [6, 6.07) is 4.16. The predicted molar refractivity (Wildman–Crippen MR) is 54.9 cm³/mol. The van der Waals surface area contributed by atoms with Crippen molar-refractivity contribution in [2.24, 2.45) is 4.99 Å². The van der Waals surface area contributed by atoms with Gasteiger partial charge in [-0.1, -0.05) is 6.07 Å². The number of aliphatic imine (C=N–C) groups is 1. The minimum Gasteiger partial charge on any atom is -0.293 e. The fourth-order valence-corrected chi connectivity index (χ4v) is 1.36. The molecular formula is C11H12N2. The molecule has 0 N–H and O–H groups in total. The number of allylic oxidation sites excluding steroid dienone is 1. The van der Waals surface area contributed by atoms with E-state index in [2.05, 4.69) is 22.1 Å². The van der Waals surface area contributed by atoms with Crippen molar-refractivity contribution in [3.63, 3.8) is 0 Å². The minimum absolute atomic E-state index is 0.890. The van der Waals surface area contributed by atoms with Gasteiger partial charge in [0.05, 0.1) is 5.69 Å². The third-order valence-electron chi connectivity index (χ3n) is 2.13. The molecule has 2 rings (SSSR count). The molecule has 2 heterocycles. The largest absolute Gasteiger partial charge is 0.293 e. The molecule has 0 saturated carbocycles. The van der Waals surface area contributed by atoms with Gasteiger partial charge in [-0.3, -0.25) is 9.98 Å². The van der Waals surface area contributed by atoms with Gasteiger partial charge in [-0.25, -0.2) is 0 Å². The van der Waals surface area contributed by atoms with E-state index < -0.39 is 0 Å². The Morgan fingerprint density at radius 1 is 1.31 bits per heavy atom. The molecule has 1 aromatic rings. The molecule has 2 heteroatoms. The molecule has 13 heavy (non-hydrogen) atoms. The fraction of sp³-hybridized carbons (Fsp3) is 0.273. The summed E-state index contributed by atoms with van der Waals surface area (Å²) in [5, 5.41) is 0. The lowest BCUT2D eigenvalue weighted by Gasteiger charge is -2.07. The highest BCUT2D eigenvalue weighted by Gasteiger charge is 2.03. The number of aryl methyl sites for hydroxylation is 1. The van der Waals surface area contributed by atoms with Crippen molar-refractivity contribution < 1.29 is 0 Å². The van der Waals surface area contributed by atoms with E-state index in [1.165, 1.54) is 11.1 Å². The van der Waals surface area contributed by atoms with E-state index in [1.807, 2.05) is 25.4 Å². The summed E-state index contributed by atoms with van der Waals surface area (Å²) in [4.78, 5) is 8.51. The summed E-state index contributed by atoms with van der Waals surface area (Å²) < 4.78 is 0. The second-order valence-corrected chi connectivity index (χ2v) is 3.22. The van der Waals surface area contributed by atoms with Gasteiger partial charge in [0.1, 0.15) is 0 Å². The van der Waals surface area contributed by atoms with Gasteiger partial charge in [-0.2, -0.15) is 0 Å². The van der Waals surface area contributed by atoms with Crippen molar-refractivity contribution in [3.05, 3.63) is 35.7 Å². The van der Waals surface area contributed by atoms with Crippen LogP contribution < -0.4 is 0 Å². The number of dihydropyridines is 1. The molecule has 0 fully saturated rings. The van der Waals surface area contributed by atoms with E-state index in [4.69, 9.17) is 0 Å². The molecular weight excluding hydrogens is 160 g/mol. The molecule has 0 atom stereocenters. The standard InChI is InChI=1S/C11H12N2/c1-9-2-3-11(13-8-9)10-4-6-12-7-5-10/h2-4,6,8H,5,7H2,1H3. The average molecular weight is 172 g/mol. The molecule has 1 aromatic heterocycles. The normalized spacial score (nSPS) is 15.6. The third-order valence-corrected chi connectivity index (χ3v) is 2.13. The second kappa shape index (κ2) is 3.52. The van der Waals surface area contributed by atoms with Gasteiger partial charge in [0.25, 0.3) is 0 Å². The first-order valence-electron chi connectivity index (χ1n) is 4.48. The Balaban J connectivity index is 2.30. The zero-order valence-corrected chi connectivity index (χ0v) is 7.70. The highest BCUT2D eigenvalue weighted by atomic mass is 14.7. The van der Waals surface area contributed by atoms with Crippen LogP contribution in [0, 0.1) is 6.92 Å². The molecule has 0 unspecified atom stereocenters. The Morgan fingerprint density at radius 2 is 2.23 bits per heavy atom. The van der Waals surface area contributed by atoms with E-state index in [9.17, 15) is 0 Å². The van der Waals surface area contributed by atoms with Gasteiger partial charge in [-0.15, -0.1) is 0 Å². The minimum atomic E-state index is 0.890. The molecule has 1 aliphatic heterocycles. The van der Waals surface area contributed by atoms with Crippen molar-refractivity contribution in [1.29, 1.82) is 0 Å². The summed E-state index contributed by atoms with van der Waals surface area (Å²) in [7, 11) is 0. The lowest BCUT2D eigenvalue weighted by atomic mass is 10.1. The van der Waals surface area contributed by atoms with E-state index >= 15 is 0 Å². The maximum absolute atomic E-state index is 4.37. The van der Waals surface area contributed by atoms with Gasteiger partial charge in [0, 0.05) is 19.0 Å². The van der Waals surface area contributed by atoms with E-state index in [-0.39, 0.29) is 0 Å². The molecule has 1 aliphatic rings. The molecule has 2 nitrogen and oxygen atoms in total. The first-order chi connectivity index (χ1) is 6.36. The highest BCUT2D eigenvalue weighted by Crippen LogP contribution is 2.17. The van der Waals surface area contributed by atoms with Crippen LogP contribution in [0.5, 0.6) is 0 Å². The number of pyridine rings is 1. The Morgan fingerprint density at radius 3 is 2.85 bits per heavy atom. The van der Waals surface area contributed by atoms with E-state index in [0.717, 1.165) is 18.7 Å². The van der Waals surface area contributed by atoms with Crippen molar-refractivity contribution in [2.45, 2.75) is 13.3 Å². The van der Waals surface area contributed by atoms with Crippen LogP contribution in [0.25, 0.3) is 5.57 Å². The van der Waals surface area contributed by atoms with Gasteiger partial charge < -0.3 is 0 Å². The van der Waals surface area contributed by atoms with Crippen molar-refractivity contribution in [2.75, 3.05) is 6.54 Å². The van der Waals surface area contributed by atoms with Crippen LogP contribution in [-0.2, 0) is 0 Å². The van der Waals surface area contributed by atoms with Gasteiger partial charge >= 0.3 is 0 Å². The number of nitrogens with zero attached hydrogens (tertiary/aromatic N) is 2. The van der Waals surface area contributed by atoms with Crippen molar-refractivity contribution >= 4 is 11.8 Å². The summed E-state index contributed by atoms with van der Waals surface area (Å²) in [6.07, 6.45) is 6.82. The van der Waals surface area contributed by atoms with Crippen LogP contribution in [0.3, 0.4) is 0 Å². The summed E-state index contributed by atoms with van der Waals surface area (Å²) in [5.74, 6) is 0. The quantitative estimate of drug-likeness (QED) is 0.637. The lowest BCUT2D eigenvalue weighted by molar-refractivity contribution is 1.00. The van der Waals surface area contributed by atoms with Gasteiger partial charge in [-0.05, 0) is 36.6 Å². The van der Waals surface area contributed by atoms with Crippen LogP contribution in [0.2, 0.25) is 0 Å². The highest BCUT2D eigenvalue weighted by molar-refractivity contribution is 5.85. The second-order valence-electron chi connectivity index (χ2n) is 3.22. The third kappa shape index (κ3) is 1.83. The van der Waals surface area contributed by atoms with Gasteiger partial charge in [0.2, 0.25) is 0 Å². The number of hydrogen-bond acceptors (Lipinski definition) is 2. The Kier molecular flexibility index (Phi) is 2.21. The Hall–Kier alpha value is -1.44. The first kappa shape index (κ1) is 8.17. The molecule has 0 aliphatic carbocycles. The van der Waals surface area contributed by atoms with E-state index in [0.29, 0.717) is 0 Å². The van der Waals surface area contributed by atoms with Crippen LogP contribution in [0.15, 0.2) is 29.4 Å². The van der Waals surface area contributed by atoms with Crippen molar-refractivity contribution in [1.82, 2.24) is 4.98 Å². The lowest BCUT2D eigenvalue weighted by Crippen LogP contribution is -1.96. The van der Waals surface area contributed by atoms with Crippen LogP contribution in [-0.4, -0.2) is 17.7 Å². The maximum atomic E-state index is 4.37. The van der Waals surface area contributed by atoms with Crippen LogP contribution >= 0.6 is 0 Å². The maximum Gasteiger partial charge on any atom is 0.0663 e. The van der Waals surface area contributed by atoms with Crippen LogP contribution in [0.4, 0.5) is 0 Å².